The maximum Gasteiger partial charge on any atom is 0.195 e. The van der Waals surface area contributed by atoms with Crippen LogP contribution in [0.1, 0.15) is 37.5 Å². The fourth-order valence-corrected chi connectivity index (χ4v) is 2.64. The zero-order valence-electron chi connectivity index (χ0n) is 12.0. The zero-order chi connectivity index (χ0) is 13.8. The molecule has 0 spiro atoms. The number of likely N-dealkylation sites (tertiary alicyclic amines) is 1. The molecule has 0 unspecified atom stereocenters. The van der Waals surface area contributed by atoms with E-state index in [4.69, 9.17) is 4.42 Å². The molecule has 2 aromatic heterocycles. The molecular weight excluding hydrogens is 250 g/mol. The van der Waals surface area contributed by atoms with E-state index in [0.29, 0.717) is 5.82 Å². The van der Waals surface area contributed by atoms with Crippen molar-refractivity contribution in [2.24, 2.45) is 0 Å². The van der Waals surface area contributed by atoms with Gasteiger partial charge in [-0.15, -0.1) is 0 Å². The largest absolute Gasteiger partial charge is 0.456 e. The highest BCUT2D eigenvalue weighted by Gasteiger charge is 2.14. The van der Waals surface area contributed by atoms with Crippen LogP contribution >= 0.6 is 0 Å². The van der Waals surface area contributed by atoms with E-state index in [-0.39, 0.29) is 0 Å². The predicted molar refractivity (Wildman–Crippen MR) is 78.2 cm³/mol. The van der Waals surface area contributed by atoms with Gasteiger partial charge < -0.3 is 4.42 Å². The standard InChI is InChI=1S/C16H21N3O/c1-2-5-13-10-17-16(18-11-13)15-7-6-14(20-15)12-19-8-3-4-9-19/h6-7,10-11H,2-5,8-9,12H2,1H3. The molecule has 1 fully saturated rings. The monoisotopic (exact) mass is 271 g/mol. The second-order valence-electron chi connectivity index (χ2n) is 5.41. The molecule has 0 saturated carbocycles. The minimum absolute atomic E-state index is 0.678. The highest BCUT2D eigenvalue weighted by Crippen LogP contribution is 2.21. The first-order valence-electron chi connectivity index (χ1n) is 7.47. The zero-order valence-corrected chi connectivity index (χ0v) is 12.0. The van der Waals surface area contributed by atoms with Gasteiger partial charge in [0.05, 0.1) is 6.54 Å². The fourth-order valence-electron chi connectivity index (χ4n) is 2.64. The van der Waals surface area contributed by atoms with Gasteiger partial charge >= 0.3 is 0 Å². The summed E-state index contributed by atoms with van der Waals surface area (Å²) >= 11 is 0. The summed E-state index contributed by atoms with van der Waals surface area (Å²) in [5, 5.41) is 0. The van der Waals surface area contributed by atoms with Gasteiger partial charge in [-0.3, -0.25) is 4.90 Å². The van der Waals surface area contributed by atoms with Crippen molar-refractivity contribution < 1.29 is 4.42 Å². The lowest BCUT2D eigenvalue weighted by atomic mass is 10.2. The van der Waals surface area contributed by atoms with E-state index in [2.05, 4.69) is 21.8 Å². The minimum Gasteiger partial charge on any atom is -0.456 e. The van der Waals surface area contributed by atoms with E-state index in [1.807, 2.05) is 24.5 Å². The minimum atomic E-state index is 0.678. The molecule has 1 aliphatic heterocycles. The van der Waals surface area contributed by atoms with Crippen LogP contribution < -0.4 is 0 Å². The quantitative estimate of drug-likeness (QED) is 0.837. The maximum atomic E-state index is 5.86. The van der Waals surface area contributed by atoms with Crippen LogP contribution in [-0.2, 0) is 13.0 Å². The second-order valence-corrected chi connectivity index (χ2v) is 5.41. The van der Waals surface area contributed by atoms with Crippen LogP contribution in [0.3, 0.4) is 0 Å². The predicted octanol–water partition coefficient (Wildman–Crippen LogP) is 3.28. The molecule has 20 heavy (non-hydrogen) atoms. The Morgan fingerprint density at radius 1 is 1.15 bits per heavy atom. The average molecular weight is 271 g/mol. The molecule has 0 amide bonds. The average Bonchev–Trinajstić information content (AvgIpc) is 3.12. The molecule has 0 N–H and O–H groups in total. The van der Waals surface area contributed by atoms with Gasteiger partial charge in [0.25, 0.3) is 0 Å². The van der Waals surface area contributed by atoms with Crippen molar-refractivity contribution in [3.05, 3.63) is 35.9 Å². The van der Waals surface area contributed by atoms with Gasteiger partial charge in [-0.05, 0) is 50.0 Å². The van der Waals surface area contributed by atoms with Crippen LogP contribution in [0.4, 0.5) is 0 Å². The molecule has 0 aliphatic carbocycles. The smallest absolute Gasteiger partial charge is 0.195 e. The van der Waals surface area contributed by atoms with Gasteiger partial charge in [0.15, 0.2) is 11.6 Å². The number of aryl methyl sites for hydroxylation is 1. The van der Waals surface area contributed by atoms with Crippen molar-refractivity contribution in [1.82, 2.24) is 14.9 Å². The first-order valence-corrected chi connectivity index (χ1v) is 7.47. The van der Waals surface area contributed by atoms with E-state index in [9.17, 15) is 0 Å². The van der Waals surface area contributed by atoms with Gasteiger partial charge in [0.1, 0.15) is 5.76 Å². The van der Waals surface area contributed by atoms with Gasteiger partial charge in [-0.1, -0.05) is 13.3 Å². The van der Waals surface area contributed by atoms with Crippen LogP contribution in [0, 0.1) is 0 Å². The van der Waals surface area contributed by atoms with E-state index in [0.717, 1.165) is 30.9 Å². The first kappa shape index (κ1) is 13.3. The number of furan rings is 1. The molecular formula is C16H21N3O. The molecule has 0 radical (unpaired) electrons. The molecule has 1 aliphatic rings. The highest BCUT2D eigenvalue weighted by atomic mass is 16.3. The molecule has 0 atom stereocenters. The molecule has 2 aromatic rings. The lowest BCUT2D eigenvalue weighted by molar-refractivity contribution is 0.299. The van der Waals surface area contributed by atoms with Gasteiger partial charge in [0.2, 0.25) is 0 Å². The summed E-state index contributed by atoms with van der Waals surface area (Å²) in [7, 11) is 0. The summed E-state index contributed by atoms with van der Waals surface area (Å²) in [6.45, 7) is 5.41. The second kappa shape index (κ2) is 6.18. The van der Waals surface area contributed by atoms with Crippen LogP contribution in [0.5, 0.6) is 0 Å². The van der Waals surface area contributed by atoms with Crippen molar-refractivity contribution >= 4 is 0 Å². The summed E-state index contributed by atoms with van der Waals surface area (Å²) in [6.07, 6.45) is 8.54. The van der Waals surface area contributed by atoms with E-state index < -0.39 is 0 Å². The fraction of sp³-hybridized carbons (Fsp3) is 0.500. The third kappa shape index (κ3) is 3.07. The number of rotatable bonds is 5. The van der Waals surface area contributed by atoms with Crippen molar-refractivity contribution in [2.75, 3.05) is 13.1 Å². The van der Waals surface area contributed by atoms with E-state index >= 15 is 0 Å². The van der Waals surface area contributed by atoms with E-state index in [1.54, 1.807) is 0 Å². The molecule has 0 aromatic carbocycles. The third-order valence-electron chi connectivity index (χ3n) is 3.70. The van der Waals surface area contributed by atoms with Gasteiger partial charge in [-0.2, -0.15) is 0 Å². The Hall–Kier alpha value is -1.68. The Morgan fingerprint density at radius 2 is 1.90 bits per heavy atom. The molecule has 3 heterocycles. The molecule has 0 bridgehead atoms. The normalized spacial score (nSPS) is 15.8. The van der Waals surface area contributed by atoms with Crippen LogP contribution in [0.25, 0.3) is 11.6 Å². The van der Waals surface area contributed by atoms with Gasteiger partial charge in [0, 0.05) is 12.4 Å². The molecule has 106 valence electrons. The Bertz CT molecular complexity index is 541. The third-order valence-corrected chi connectivity index (χ3v) is 3.70. The number of hydrogen-bond acceptors (Lipinski definition) is 4. The Labute approximate surface area is 119 Å². The summed E-state index contributed by atoms with van der Waals surface area (Å²) in [5.41, 5.74) is 1.18. The summed E-state index contributed by atoms with van der Waals surface area (Å²) in [4.78, 5) is 11.2. The SMILES string of the molecule is CCCc1cnc(-c2ccc(CN3CCCC3)o2)nc1. The van der Waals surface area contributed by atoms with Crippen LogP contribution in [0.2, 0.25) is 0 Å². The van der Waals surface area contributed by atoms with E-state index in [1.165, 1.54) is 31.5 Å². The number of hydrogen-bond donors (Lipinski definition) is 0. The molecule has 4 heteroatoms. The van der Waals surface area contributed by atoms with Crippen LogP contribution in [-0.4, -0.2) is 28.0 Å². The van der Waals surface area contributed by atoms with Crippen molar-refractivity contribution in [3.8, 4) is 11.6 Å². The summed E-state index contributed by atoms with van der Waals surface area (Å²) < 4.78 is 5.86. The topological polar surface area (TPSA) is 42.2 Å². The molecule has 1 saturated heterocycles. The Balaban J connectivity index is 1.68. The lowest BCUT2D eigenvalue weighted by Crippen LogP contribution is -2.17. The number of aromatic nitrogens is 2. The Kier molecular flexibility index (Phi) is 4.11. The highest BCUT2D eigenvalue weighted by molar-refractivity contribution is 5.46. The van der Waals surface area contributed by atoms with Crippen LogP contribution in [0.15, 0.2) is 28.9 Å². The lowest BCUT2D eigenvalue weighted by Gasteiger charge is -2.11. The van der Waals surface area contributed by atoms with Crippen molar-refractivity contribution in [1.29, 1.82) is 0 Å². The summed E-state index contributed by atoms with van der Waals surface area (Å²) in [6, 6.07) is 4.01. The first-order chi connectivity index (χ1) is 9.85. The Morgan fingerprint density at radius 3 is 2.60 bits per heavy atom. The molecule has 4 nitrogen and oxygen atoms in total. The van der Waals surface area contributed by atoms with Crippen molar-refractivity contribution in [2.45, 2.75) is 39.2 Å². The number of nitrogens with zero attached hydrogens (tertiary/aromatic N) is 3. The van der Waals surface area contributed by atoms with Gasteiger partial charge in [-0.25, -0.2) is 9.97 Å². The summed E-state index contributed by atoms with van der Waals surface area (Å²) in [5.74, 6) is 2.45. The van der Waals surface area contributed by atoms with Crippen molar-refractivity contribution in [3.63, 3.8) is 0 Å². The molecule has 3 rings (SSSR count). The maximum absolute atomic E-state index is 5.86.